The molecule has 8 heteroatoms. The van der Waals surface area contributed by atoms with Gasteiger partial charge in [-0.3, -0.25) is 4.79 Å². The van der Waals surface area contributed by atoms with E-state index in [4.69, 9.17) is 16.3 Å². The molecule has 1 heterocycles. The summed E-state index contributed by atoms with van der Waals surface area (Å²) in [5.41, 5.74) is -0.0993. The van der Waals surface area contributed by atoms with Crippen LogP contribution in [0.2, 0.25) is 5.02 Å². The highest BCUT2D eigenvalue weighted by Crippen LogP contribution is 2.41. The molecule has 0 radical (unpaired) electrons. The molecule has 0 fully saturated rings. The second-order valence-electron chi connectivity index (χ2n) is 5.63. The lowest BCUT2D eigenvalue weighted by Gasteiger charge is -2.17. The Morgan fingerprint density at radius 2 is 1.85 bits per heavy atom. The predicted octanol–water partition coefficient (Wildman–Crippen LogP) is 5.65. The molecule has 26 heavy (non-hydrogen) atoms. The lowest BCUT2D eigenvalue weighted by molar-refractivity contribution is -0.137. The summed E-state index contributed by atoms with van der Waals surface area (Å²) in [6, 6.07) is 8.01. The average molecular weight is 447 g/mol. The van der Waals surface area contributed by atoms with Crippen LogP contribution in [0, 0.1) is 0 Å². The average Bonchev–Trinajstić information content (AvgIpc) is 2.59. The molecule has 0 bridgehead atoms. The third-order valence-electron chi connectivity index (χ3n) is 4.10. The maximum atomic E-state index is 13.2. The van der Waals surface area contributed by atoms with Gasteiger partial charge in [0.2, 0.25) is 0 Å². The van der Waals surface area contributed by atoms with E-state index in [-0.39, 0.29) is 15.4 Å². The van der Waals surface area contributed by atoms with E-state index in [2.05, 4.69) is 15.9 Å². The lowest BCUT2D eigenvalue weighted by atomic mass is 9.98. The fourth-order valence-electron chi connectivity index (χ4n) is 2.83. The van der Waals surface area contributed by atoms with Gasteiger partial charge in [-0.1, -0.05) is 11.6 Å². The number of aryl methyl sites for hydroxylation is 1. The fraction of sp³-hybridized carbons (Fsp3) is 0.167. The second kappa shape index (κ2) is 6.63. The van der Waals surface area contributed by atoms with Gasteiger partial charge in [-0.25, -0.2) is 0 Å². The van der Waals surface area contributed by atoms with Gasteiger partial charge in [0.25, 0.3) is 5.56 Å². The molecule has 0 aliphatic heterocycles. The second-order valence-corrected chi connectivity index (χ2v) is 6.86. The van der Waals surface area contributed by atoms with E-state index in [1.54, 1.807) is 18.2 Å². The van der Waals surface area contributed by atoms with Gasteiger partial charge in [0.1, 0.15) is 5.75 Å². The van der Waals surface area contributed by atoms with Crippen LogP contribution in [0.25, 0.3) is 22.0 Å². The molecule has 3 aromatic rings. The number of hydrogen-bond acceptors (Lipinski definition) is 2. The zero-order valence-electron chi connectivity index (χ0n) is 13.6. The largest absolute Gasteiger partial charge is 0.496 e. The number of fused-ring (bicyclic) bond motifs is 1. The zero-order valence-corrected chi connectivity index (χ0v) is 16.0. The quantitative estimate of drug-likeness (QED) is 0.509. The van der Waals surface area contributed by atoms with Crippen LogP contribution >= 0.6 is 27.5 Å². The molecule has 0 atom stereocenters. The third kappa shape index (κ3) is 3.10. The van der Waals surface area contributed by atoms with Gasteiger partial charge in [0, 0.05) is 28.6 Å². The highest BCUT2D eigenvalue weighted by Gasteiger charge is 2.31. The minimum Gasteiger partial charge on any atom is -0.496 e. The van der Waals surface area contributed by atoms with Crippen molar-refractivity contribution in [2.45, 2.75) is 6.18 Å². The number of aromatic nitrogens is 1. The number of halogens is 5. The van der Waals surface area contributed by atoms with Gasteiger partial charge in [-0.15, -0.1) is 0 Å². The number of rotatable bonds is 2. The Balaban J connectivity index is 2.52. The summed E-state index contributed by atoms with van der Waals surface area (Å²) in [5, 5.41) is 0.628. The van der Waals surface area contributed by atoms with E-state index >= 15 is 0 Å². The van der Waals surface area contributed by atoms with E-state index in [1.807, 2.05) is 0 Å². The maximum absolute atomic E-state index is 13.2. The molecule has 0 amide bonds. The summed E-state index contributed by atoms with van der Waals surface area (Å²) in [6.07, 6.45) is -4.51. The number of benzene rings is 2. The normalized spacial score (nSPS) is 11.8. The molecule has 0 saturated heterocycles. The first-order chi connectivity index (χ1) is 12.1. The van der Waals surface area contributed by atoms with Crippen molar-refractivity contribution in [2.24, 2.45) is 7.05 Å². The Morgan fingerprint density at radius 1 is 1.15 bits per heavy atom. The molecule has 2 aromatic carbocycles. The van der Waals surface area contributed by atoms with Crippen LogP contribution in [0.1, 0.15) is 5.56 Å². The summed E-state index contributed by atoms with van der Waals surface area (Å²) in [7, 11) is 2.94. The van der Waals surface area contributed by atoms with Gasteiger partial charge in [0.15, 0.2) is 0 Å². The van der Waals surface area contributed by atoms with E-state index in [1.165, 1.54) is 24.8 Å². The van der Waals surface area contributed by atoms with Crippen LogP contribution < -0.4 is 10.3 Å². The van der Waals surface area contributed by atoms with Crippen molar-refractivity contribution in [3.05, 3.63) is 61.8 Å². The van der Waals surface area contributed by atoms with E-state index in [9.17, 15) is 18.0 Å². The van der Waals surface area contributed by atoms with E-state index < -0.39 is 11.7 Å². The van der Waals surface area contributed by atoms with Crippen LogP contribution in [-0.2, 0) is 13.2 Å². The molecule has 0 aliphatic carbocycles. The van der Waals surface area contributed by atoms with Gasteiger partial charge in [-0.05, 0) is 52.3 Å². The first kappa shape index (κ1) is 18.8. The standard InChI is InChI=1S/C18H12BrClF3NO2/c1-24-13-5-3-9(18(21,22)23)7-11(13)15(16(19)17(24)25)12-8-10(20)4-6-14(12)26-2/h3-8H,1-2H3. The number of alkyl halides is 3. The highest BCUT2D eigenvalue weighted by molar-refractivity contribution is 9.10. The van der Waals surface area contributed by atoms with Gasteiger partial charge < -0.3 is 9.30 Å². The number of ether oxygens (including phenoxy) is 1. The molecule has 3 nitrogen and oxygen atoms in total. The third-order valence-corrected chi connectivity index (χ3v) is 5.07. The maximum Gasteiger partial charge on any atom is 0.416 e. The SMILES string of the molecule is COc1ccc(Cl)cc1-c1c(Br)c(=O)n(C)c2ccc(C(F)(F)F)cc12. The Hall–Kier alpha value is -1.99. The molecule has 0 unspecified atom stereocenters. The Labute approximate surface area is 160 Å². The number of pyridine rings is 1. The van der Waals surface area contributed by atoms with Crippen LogP contribution in [0.4, 0.5) is 13.2 Å². The lowest BCUT2D eigenvalue weighted by Crippen LogP contribution is -2.19. The van der Waals surface area contributed by atoms with Crippen LogP contribution in [-0.4, -0.2) is 11.7 Å². The minimum absolute atomic E-state index is 0.132. The smallest absolute Gasteiger partial charge is 0.416 e. The zero-order chi connectivity index (χ0) is 19.2. The van der Waals surface area contributed by atoms with Gasteiger partial charge >= 0.3 is 6.18 Å². The molecule has 0 spiro atoms. The van der Waals surface area contributed by atoms with Crippen molar-refractivity contribution in [3.63, 3.8) is 0 Å². The van der Waals surface area contributed by atoms with Gasteiger partial charge in [0.05, 0.1) is 22.7 Å². The first-order valence-corrected chi connectivity index (χ1v) is 8.55. The van der Waals surface area contributed by atoms with Gasteiger partial charge in [-0.2, -0.15) is 13.2 Å². The molecule has 136 valence electrons. The van der Waals surface area contributed by atoms with Crippen LogP contribution in [0.15, 0.2) is 45.7 Å². The molecule has 0 N–H and O–H groups in total. The van der Waals surface area contributed by atoms with Crippen molar-refractivity contribution in [1.29, 1.82) is 0 Å². The monoisotopic (exact) mass is 445 g/mol. The minimum atomic E-state index is -4.51. The topological polar surface area (TPSA) is 31.2 Å². The van der Waals surface area contributed by atoms with E-state index in [0.29, 0.717) is 27.4 Å². The number of nitrogens with zero attached hydrogens (tertiary/aromatic N) is 1. The van der Waals surface area contributed by atoms with Crippen molar-refractivity contribution in [3.8, 4) is 16.9 Å². The summed E-state index contributed by atoms with van der Waals surface area (Å²) in [4.78, 5) is 12.6. The van der Waals surface area contributed by atoms with E-state index in [0.717, 1.165) is 12.1 Å². The van der Waals surface area contributed by atoms with Crippen LogP contribution in [0.5, 0.6) is 5.75 Å². The first-order valence-electron chi connectivity index (χ1n) is 7.38. The summed E-state index contributed by atoms with van der Waals surface area (Å²) in [5.74, 6) is 0.391. The predicted molar refractivity (Wildman–Crippen MR) is 98.9 cm³/mol. The Bertz CT molecular complexity index is 1080. The number of methoxy groups -OCH3 is 1. The number of hydrogen-bond donors (Lipinski definition) is 0. The molecule has 0 aliphatic rings. The highest BCUT2D eigenvalue weighted by atomic mass is 79.9. The Morgan fingerprint density at radius 3 is 2.46 bits per heavy atom. The fourth-order valence-corrected chi connectivity index (χ4v) is 3.69. The summed E-state index contributed by atoms with van der Waals surface area (Å²) in [6.45, 7) is 0. The summed E-state index contributed by atoms with van der Waals surface area (Å²) >= 11 is 9.31. The molecule has 0 saturated carbocycles. The van der Waals surface area contributed by atoms with Crippen LogP contribution in [0.3, 0.4) is 0 Å². The molecule has 1 aromatic heterocycles. The molecule has 3 rings (SSSR count). The van der Waals surface area contributed by atoms with Crippen molar-refractivity contribution < 1.29 is 17.9 Å². The van der Waals surface area contributed by atoms with Crippen molar-refractivity contribution in [1.82, 2.24) is 4.57 Å². The Kier molecular flexibility index (Phi) is 4.79. The van der Waals surface area contributed by atoms with Crippen molar-refractivity contribution in [2.75, 3.05) is 7.11 Å². The van der Waals surface area contributed by atoms with Crippen molar-refractivity contribution >= 4 is 38.4 Å². The molecular formula is C18H12BrClF3NO2. The summed E-state index contributed by atoms with van der Waals surface area (Å²) < 4.78 is 46.4. The molecular weight excluding hydrogens is 435 g/mol.